The summed E-state index contributed by atoms with van der Waals surface area (Å²) in [5.41, 5.74) is -1.40. The Labute approximate surface area is 320 Å². The first-order chi connectivity index (χ1) is 25.1. The molecule has 6 fully saturated rings. The summed E-state index contributed by atoms with van der Waals surface area (Å²) < 4.78 is 24.7. The van der Waals surface area contributed by atoms with E-state index in [0.29, 0.717) is 38.5 Å². The van der Waals surface area contributed by atoms with Gasteiger partial charge in [-0.15, -0.1) is 0 Å². The van der Waals surface area contributed by atoms with Crippen LogP contribution in [0.2, 0.25) is 0 Å². The molecule has 2 heterocycles. The second kappa shape index (κ2) is 15.1. The van der Waals surface area contributed by atoms with E-state index in [-0.39, 0.29) is 41.1 Å². The van der Waals surface area contributed by atoms with Crippen LogP contribution in [0.3, 0.4) is 0 Å². The van der Waals surface area contributed by atoms with Crippen LogP contribution in [0.1, 0.15) is 107 Å². The van der Waals surface area contributed by atoms with Crippen LogP contribution in [0.15, 0.2) is 11.6 Å². The van der Waals surface area contributed by atoms with Gasteiger partial charge in [0.2, 0.25) is 0 Å². The van der Waals surface area contributed by atoms with Crippen LogP contribution in [0.25, 0.3) is 0 Å². The average molecular weight is 771 g/mol. The molecule has 6 rings (SSSR count). The summed E-state index contributed by atoms with van der Waals surface area (Å²) >= 11 is 0. The highest BCUT2D eigenvalue weighted by atomic mass is 16.8. The van der Waals surface area contributed by atoms with Crippen LogP contribution in [0, 0.1) is 45.3 Å². The van der Waals surface area contributed by atoms with E-state index in [9.17, 15) is 46.0 Å². The molecule has 0 radical (unpaired) electrons. The van der Waals surface area contributed by atoms with Crippen molar-refractivity contribution < 1.29 is 64.9 Å². The van der Waals surface area contributed by atoms with Crippen LogP contribution in [-0.4, -0.2) is 138 Å². The van der Waals surface area contributed by atoms with E-state index in [0.717, 1.165) is 18.4 Å². The zero-order valence-electron chi connectivity index (χ0n) is 33.5. The van der Waals surface area contributed by atoms with Crippen molar-refractivity contribution in [2.24, 2.45) is 45.3 Å². The van der Waals surface area contributed by atoms with Gasteiger partial charge in [-0.2, -0.15) is 0 Å². The second-order valence-electron chi connectivity index (χ2n) is 19.8. The lowest BCUT2D eigenvalue weighted by Gasteiger charge is -2.71. The third kappa shape index (κ3) is 6.76. The monoisotopic (exact) mass is 770 g/mol. The summed E-state index contributed by atoms with van der Waals surface area (Å²) in [4.78, 5) is 0. The molecule has 13 nitrogen and oxygen atoms in total. The maximum absolute atomic E-state index is 12.5. The van der Waals surface area contributed by atoms with Crippen molar-refractivity contribution in [3.63, 3.8) is 0 Å². The molecule has 2 aliphatic heterocycles. The predicted molar refractivity (Wildman–Crippen MR) is 196 cm³/mol. The number of fused-ring (bicyclic) bond motifs is 5. The van der Waals surface area contributed by atoms with Crippen LogP contribution >= 0.6 is 0 Å². The summed E-state index contributed by atoms with van der Waals surface area (Å²) in [6.07, 6.45) is -7.91. The van der Waals surface area contributed by atoms with Gasteiger partial charge in [-0.1, -0.05) is 46.3 Å². The topological polar surface area (TPSA) is 219 Å². The van der Waals surface area contributed by atoms with Gasteiger partial charge in [0.05, 0.1) is 37.1 Å². The van der Waals surface area contributed by atoms with Gasteiger partial charge in [0, 0.05) is 0 Å². The standard InChI is InChI=1S/C41H70O13/c1-20(2)10-9-13-41(8,54-36-33(31(49)30(48)25(18-42)52-36)53-35-32(50)29(47)24(45)19-51-35)21-11-15-39(6)28(21)22(43)16-26-38(5)14-12-27(46)37(3,4)34(38)23(44)17-40(26,39)7/h10,21-36,42-50H,9,11-19H2,1-8H3. The molecule has 2 saturated heterocycles. The summed E-state index contributed by atoms with van der Waals surface area (Å²) in [5, 5.41) is 99.3. The van der Waals surface area contributed by atoms with Crippen LogP contribution < -0.4 is 0 Å². The largest absolute Gasteiger partial charge is 0.394 e. The van der Waals surface area contributed by atoms with E-state index in [2.05, 4.69) is 40.7 Å². The van der Waals surface area contributed by atoms with E-state index in [1.807, 2.05) is 20.8 Å². The van der Waals surface area contributed by atoms with E-state index < -0.39 is 96.7 Å². The molecule has 4 saturated carbocycles. The van der Waals surface area contributed by atoms with E-state index in [1.165, 1.54) is 0 Å². The highest BCUT2D eigenvalue weighted by Crippen LogP contribution is 2.76. The first kappa shape index (κ1) is 42.8. The smallest absolute Gasteiger partial charge is 0.187 e. The van der Waals surface area contributed by atoms with Crippen molar-refractivity contribution in [2.45, 2.75) is 186 Å². The van der Waals surface area contributed by atoms with E-state index in [4.69, 9.17) is 18.9 Å². The van der Waals surface area contributed by atoms with Crippen molar-refractivity contribution in [3.8, 4) is 0 Å². The van der Waals surface area contributed by atoms with Gasteiger partial charge in [0.25, 0.3) is 0 Å². The Bertz CT molecular complexity index is 1360. The Kier molecular flexibility index (Phi) is 12.0. The first-order valence-electron chi connectivity index (χ1n) is 20.4. The molecule has 0 aromatic carbocycles. The predicted octanol–water partition coefficient (Wildman–Crippen LogP) is 1.76. The molecule has 13 heteroatoms. The summed E-state index contributed by atoms with van der Waals surface area (Å²) in [7, 11) is 0. The molecule has 0 amide bonds. The quantitative estimate of drug-likeness (QED) is 0.153. The molecule has 0 spiro atoms. The molecular formula is C41H70O13. The number of ether oxygens (including phenoxy) is 4. The minimum Gasteiger partial charge on any atom is -0.394 e. The fourth-order valence-corrected chi connectivity index (χ4v) is 13.2. The van der Waals surface area contributed by atoms with Crippen molar-refractivity contribution in [1.29, 1.82) is 0 Å². The van der Waals surface area contributed by atoms with Gasteiger partial charge in [-0.3, -0.25) is 0 Å². The van der Waals surface area contributed by atoms with E-state index in [1.54, 1.807) is 0 Å². The summed E-state index contributed by atoms with van der Waals surface area (Å²) in [6.45, 7) is 16.1. The molecule has 0 aromatic rings. The molecule has 9 N–H and O–H groups in total. The minimum atomic E-state index is -1.68. The second-order valence-corrected chi connectivity index (χ2v) is 19.8. The fraction of sp³-hybridized carbons (Fsp3) is 0.951. The Morgan fingerprint density at radius 1 is 0.815 bits per heavy atom. The molecule has 0 bridgehead atoms. The lowest BCUT2D eigenvalue weighted by Crippen LogP contribution is -2.70. The molecule has 54 heavy (non-hydrogen) atoms. The molecule has 312 valence electrons. The highest BCUT2D eigenvalue weighted by Gasteiger charge is 2.73. The Morgan fingerprint density at radius 2 is 1.50 bits per heavy atom. The third-order valence-electron chi connectivity index (χ3n) is 16.2. The zero-order valence-corrected chi connectivity index (χ0v) is 33.5. The zero-order chi connectivity index (χ0) is 39.9. The molecular weight excluding hydrogens is 700 g/mol. The van der Waals surface area contributed by atoms with Crippen molar-refractivity contribution in [2.75, 3.05) is 13.2 Å². The normalized spacial score (nSPS) is 52.8. The van der Waals surface area contributed by atoms with Crippen LogP contribution in [0.5, 0.6) is 0 Å². The molecule has 20 atom stereocenters. The number of aliphatic hydroxyl groups is 9. The molecule has 4 aliphatic carbocycles. The number of hydrogen-bond donors (Lipinski definition) is 9. The van der Waals surface area contributed by atoms with E-state index >= 15 is 0 Å². The minimum absolute atomic E-state index is 0.107. The lowest BCUT2D eigenvalue weighted by molar-refractivity contribution is -0.374. The molecule has 20 unspecified atom stereocenters. The highest BCUT2D eigenvalue weighted by molar-refractivity contribution is 5.22. The maximum atomic E-state index is 12.5. The van der Waals surface area contributed by atoms with Crippen molar-refractivity contribution in [3.05, 3.63) is 11.6 Å². The van der Waals surface area contributed by atoms with Crippen LogP contribution in [0.4, 0.5) is 0 Å². The fourth-order valence-electron chi connectivity index (χ4n) is 13.2. The first-order valence-corrected chi connectivity index (χ1v) is 20.4. The Morgan fingerprint density at radius 3 is 2.15 bits per heavy atom. The SMILES string of the molecule is CC(C)=CCCC(C)(OC1OC(CO)C(O)C(O)C1OC1OCC(O)C(O)C1O)C1CCC2(C)C1C(O)CC1C3(C)CCC(O)C(C)(C)C3C(O)CC12C. The number of aliphatic hydroxyl groups excluding tert-OH is 9. The number of allylic oxidation sites excluding steroid dienone is 2. The maximum Gasteiger partial charge on any atom is 0.187 e. The van der Waals surface area contributed by atoms with Crippen LogP contribution in [-0.2, 0) is 18.9 Å². The summed E-state index contributed by atoms with van der Waals surface area (Å²) in [5.74, 6) is -0.471. The number of rotatable bonds is 9. The van der Waals surface area contributed by atoms with Gasteiger partial charge in [0.15, 0.2) is 12.6 Å². The van der Waals surface area contributed by atoms with Crippen molar-refractivity contribution in [1.82, 2.24) is 0 Å². The number of hydrogen-bond acceptors (Lipinski definition) is 13. The lowest BCUT2D eigenvalue weighted by atomic mass is 9.34. The Balaban J connectivity index is 1.35. The third-order valence-corrected chi connectivity index (χ3v) is 16.2. The van der Waals surface area contributed by atoms with Gasteiger partial charge < -0.3 is 64.9 Å². The van der Waals surface area contributed by atoms with Gasteiger partial charge in [-0.05, 0) is 117 Å². The van der Waals surface area contributed by atoms with Gasteiger partial charge >= 0.3 is 0 Å². The van der Waals surface area contributed by atoms with Crippen molar-refractivity contribution >= 4 is 0 Å². The van der Waals surface area contributed by atoms with Gasteiger partial charge in [0.1, 0.15) is 42.7 Å². The summed E-state index contributed by atoms with van der Waals surface area (Å²) in [6, 6.07) is 0. The average Bonchev–Trinajstić information content (AvgIpc) is 3.47. The molecule has 0 aromatic heterocycles. The Hall–Kier alpha value is -0.780. The van der Waals surface area contributed by atoms with Gasteiger partial charge in [-0.25, -0.2) is 0 Å². The molecule has 6 aliphatic rings.